The van der Waals surface area contributed by atoms with Crippen molar-refractivity contribution in [1.82, 2.24) is 8.87 Å². The lowest BCUT2D eigenvalue weighted by Crippen LogP contribution is -2.33. The molecule has 1 heterocycles. The number of rotatable bonds is 10. The van der Waals surface area contributed by atoms with Crippen molar-refractivity contribution < 1.29 is 22.7 Å². The Labute approximate surface area is 216 Å². The standard InChI is InChI=1S/C26H33N3O5S2/c1-6-8-9-19-10-15-22-23(16-19)35-26(29(22)17-24(30)34-7-2)27-25(31)20-11-13-21(14-12-20)36(32,33)28(5)18(3)4/h10-16,18H,6-9,17H2,1-5H3. The molecule has 36 heavy (non-hydrogen) atoms. The van der Waals surface area contributed by atoms with E-state index in [9.17, 15) is 18.0 Å². The minimum Gasteiger partial charge on any atom is -0.465 e. The van der Waals surface area contributed by atoms with Crippen molar-refractivity contribution in [3.63, 3.8) is 0 Å². The molecule has 194 valence electrons. The highest BCUT2D eigenvalue weighted by molar-refractivity contribution is 7.89. The van der Waals surface area contributed by atoms with Gasteiger partial charge in [0.2, 0.25) is 10.0 Å². The molecule has 0 aliphatic carbocycles. The molecule has 0 atom stereocenters. The fraction of sp³-hybridized carbons (Fsp3) is 0.423. The number of aryl methyl sites for hydroxylation is 1. The van der Waals surface area contributed by atoms with Crippen molar-refractivity contribution in [3.05, 3.63) is 58.4 Å². The third kappa shape index (κ3) is 6.29. The molecular weight excluding hydrogens is 498 g/mol. The summed E-state index contributed by atoms with van der Waals surface area (Å²) in [5, 5.41) is 0. The molecule has 0 saturated heterocycles. The van der Waals surface area contributed by atoms with Crippen LogP contribution in [0, 0.1) is 0 Å². The molecule has 0 fully saturated rings. The molecular formula is C26H33N3O5S2. The topological polar surface area (TPSA) is 98.0 Å². The van der Waals surface area contributed by atoms with Crippen LogP contribution in [0.3, 0.4) is 0 Å². The Morgan fingerprint density at radius 3 is 2.42 bits per heavy atom. The van der Waals surface area contributed by atoms with E-state index < -0.39 is 21.9 Å². The maximum atomic E-state index is 13.0. The zero-order valence-corrected chi connectivity index (χ0v) is 23.0. The van der Waals surface area contributed by atoms with E-state index in [1.807, 2.05) is 12.1 Å². The van der Waals surface area contributed by atoms with Crippen LogP contribution in [0.5, 0.6) is 0 Å². The third-order valence-corrected chi connectivity index (χ3v) is 8.95. The second-order valence-corrected chi connectivity index (χ2v) is 11.7. The first-order valence-electron chi connectivity index (χ1n) is 12.0. The van der Waals surface area contributed by atoms with Crippen molar-refractivity contribution in [2.24, 2.45) is 4.99 Å². The van der Waals surface area contributed by atoms with Gasteiger partial charge in [-0.3, -0.25) is 9.59 Å². The molecule has 3 rings (SSSR count). The van der Waals surface area contributed by atoms with Gasteiger partial charge < -0.3 is 9.30 Å². The molecule has 0 N–H and O–H groups in total. The van der Waals surface area contributed by atoms with E-state index in [1.54, 1.807) is 25.3 Å². The lowest BCUT2D eigenvalue weighted by molar-refractivity contribution is -0.143. The molecule has 1 aromatic heterocycles. The second kappa shape index (κ2) is 11.9. The fourth-order valence-electron chi connectivity index (χ4n) is 3.59. The van der Waals surface area contributed by atoms with Gasteiger partial charge in [-0.1, -0.05) is 30.7 Å². The predicted octanol–water partition coefficient (Wildman–Crippen LogP) is 4.38. The first kappa shape index (κ1) is 27.8. The van der Waals surface area contributed by atoms with Crippen LogP contribution in [0.25, 0.3) is 10.2 Å². The van der Waals surface area contributed by atoms with Crippen molar-refractivity contribution in [1.29, 1.82) is 0 Å². The number of nitrogens with zero attached hydrogens (tertiary/aromatic N) is 3. The number of amides is 1. The van der Waals surface area contributed by atoms with Crippen LogP contribution in [0.15, 0.2) is 52.4 Å². The van der Waals surface area contributed by atoms with Crippen LogP contribution < -0.4 is 4.80 Å². The number of esters is 1. The Hall–Kier alpha value is -2.82. The summed E-state index contributed by atoms with van der Waals surface area (Å²) >= 11 is 1.33. The number of benzene rings is 2. The number of hydrogen-bond donors (Lipinski definition) is 0. The molecule has 1 amide bonds. The molecule has 0 spiro atoms. The van der Waals surface area contributed by atoms with Gasteiger partial charge in [-0.2, -0.15) is 9.30 Å². The van der Waals surface area contributed by atoms with Crippen LogP contribution in [0.4, 0.5) is 0 Å². The zero-order chi connectivity index (χ0) is 26.5. The van der Waals surface area contributed by atoms with Crippen molar-refractivity contribution in [3.8, 4) is 0 Å². The van der Waals surface area contributed by atoms with Gasteiger partial charge >= 0.3 is 5.97 Å². The van der Waals surface area contributed by atoms with Crippen LogP contribution in [-0.2, 0) is 32.5 Å². The largest absolute Gasteiger partial charge is 0.465 e. The quantitative estimate of drug-likeness (QED) is 0.362. The minimum absolute atomic E-state index is 0.0625. The van der Waals surface area contributed by atoms with E-state index in [2.05, 4.69) is 18.0 Å². The highest BCUT2D eigenvalue weighted by Gasteiger charge is 2.23. The Bertz CT molecular complexity index is 1400. The van der Waals surface area contributed by atoms with Crippen molar-refractivity contribution >= 4 is 43.5 Å². The monoisotopic (exact) mass is 531 g/mol. The second-order valence-electron chi connectivity index (χ2n) is 8.74. The average molecular weight is 532 g/mol. The number of carbonyl (C=O) groups excluding carboxylic acids is 2. The number of sulfonamides is 1. The van der Waals surface area contributed by atoms with Gasteiger partial charge in [0.1, 0.15) is 6.54 Å². The molecule has 10 heteroatoms. The minimum atomic E-state index is -3.66. The molecule has 0 radical (unpaired) electrons. The lowest BCUT2D eigenvalue weighted by Gasteiger charge is -2.20. The highest BCUT2D eigenvalue weighted by atomic mass is 32.2. The summed E-state index contributed by atoms with van der Waals surface area (Å²) in [5.74, 6) is -0.934. The van der Waals surface area contributed by atoms with E-state index in [0.717, 1.165) is 29.5 Å². The normalized spacial score (nSPS) is 12.6. The van der Waals surface area contributed by atoms with Crippen molar-refractivity contribution in [2.75, 3.05) is 13.7 Å². The van der Waals surface area contributed by atoms with E-state index >= 15 is 0 Å². The Kier molecular flexibility index (Phi) is 9.21. The van der Waals surface area contributed by atoms with Gasteiger partial charge in [-0.25, -0.2) is 8.42 Å². The van der Waals surface area contributed by atoms with Crippen molar-refractivity contribution in [2.45, 2.75) is 64.4 Å². The Morgan fingerprint density at radius 1 is 1.11 bits per heavy atom. The average Bonchev–Trinajstić information content (AvgIpc) is 3.18. The van der Waals surface area contributed by atoms with Gasteiger partial charge in [-0.05, 0) is 75.6 Å². The number of aromatic nitrogens is 1. The molecule has 0 unspecified atom stereocenters. The summed E-state index contributed by atoms with van der Waals surface area (Å²) in [4.78, 5) is 30.1. The van der Waals surface area contributed by atoms with Gasteiger partial charge in [0.15, 0.2) is 4.80 Å². The number of carbonyl (C=O) groups is 2. The van der Waals surface area contributed by atoms with E-state index in [1.165, 1.54) is 52.5 Å². The lowest BCUT2D eigenvalue weighted by atomic mass is 10.1. The SMILES string of the molecule is CCCCc1ccc2c(c1)sc(=NC(=O)c1ccc(S(=O)(=O)N(C)C(C)C)cc1)n2CC(=O)OCC. The molecule has 0 aliphatic heterocycles. The summed E-state index contributed by atoms with van der Waals surface area (Å²) in [6.45, 7) is 7.66. The van der Waals surface area contributed by atoms with Crippen LogP contribution in [0.1, 0.15) is 56.5 Å². The molecule has 2 aromatic carbocycles. The number of unbranched alkanes of at least 4 members (excludes halogenated alkanes) is 1. The predicted molar refractivity (Wildman–Crippen MR) is 141 cm³/mol. The van der Waals surface area contributed by atoms with E-state index in [4.69, 9.17) is 4.74 Å². The third-order valence-electron chi connectivity index (χ3n) is 5.86. The first-order valence-corrected chi connectivity index (χ1v) is 14.3. The van der Waals surface area contributed by atoms with Gasteiger partial charge in [-0.15, -0.1) is 0 Å². The summed E-state index contributed by atoms with van der Waals surface area (Å²) < 4.78 is 34.4. The molecule has 3 aromatic rings. The number of hydrogen-bond acceptors (Lipinski definition) is 6. The summed E-state index contributed by atoms with van der Waals surface area (Å²) in [6, 6.07) is 11.6. The molecule has 8 nitrogen and oxygen atoms in total. The van der Waals surface area contributed by atoms with Gasteiger partial charge in [0.25, 0.3) is 5.91 Å². The first-order chi connectivity index (χ1) is 17.1. The van der Waals surface area contributed by atoms with Gasteiger partial charge in [0.05, 0.1) is 21.7 Å². The van der Waals surface area contributed by atoms with Crippen LogP contribution >= 0.6 is 11.3 Å². The molecule has 0 bridgehead atoms. The summed E-state index contributed by atoms with van der Waals surface area (Å²) in [5.41, 5.74) is 2.25. The van der Waals surface area contributed by atoms with E-state index in [0.29, 0.717) is 4.80 Å². The van der Waals surface area contributed by atoms with Crippen LogP contribution in [0.2, 0.25) is 0 Å². The highest BCUT2D eigenvalue weighted by Crippen LogP contribution is 2.21. The molecule has 0 saturated carbocycles. The number of fused-ring (bicyclic) bond motifs is 1. The Balaban J connectivity index is 2.00. The maximum absolute atomic E-state index is 13.0. The van der Waals surface area contributed by atoms with Gasteiger partial charge in [0, 0.05) is 18.7 Å². The maximum Gasteiger partial charge on any atom is 0.326 e. The smallest absolute Gasteiger partial charge is 0.326 e. The molecule has 0 aliphatic rings. The number of thiazole rings is 1. The zero-order valence-electron chi connectivity index (χ0n) is 21.4. The summed E-state index contributed by atoms with van der Waals surface area (Å²) in [7, 11) is -2.14. The fourth-order valence-corrected chi connectivity index (χ4v) is 6.05. The Morgan fingerprint density at radius 2 is 1.81 bits per heavy atom. The van der Waals surface area contributed by atoms with Crippen LogP contribution in [-0.4, -0.2) is 48.9 Å². The van der Waals surface area contributed by atoms with E-state index in [-0.39, 0.29) is 29.7 Å². The number of ether oxygens (including phenoxy) is 1. The summed E-state index contributed by atoms with van der Waals surface area (Å²) in [6.07, 6.45) is 3.12.